The maximum Gasteiger partial charge on any atom is 0.178 e. The summed E-state index contributed by atoms with van der Waals surface area (Å²) in [5, 5.41) is 3.34. The van der Waals surface area contributed by atoms with Gasteiger partial charge in [-0.3, -0.25) is 5.01 Å². The molecule has 0 saturated heterocycles. The quantitative estimate of drug-likeness (QED) is 0.669. The van der Waals surface area contributed by atoms with E-state index in [9.17, 15) is 0 Å². The first-order chi connectivity index (χ1) is 13.5. The predicted molar refractivity (Wildman–Crippen MR) is 120 cm³/mol. The van der Waals surface area contributed by atoms with Crippen molar-refractivity contribution in [1.82, 2.24) is 5.01 Å². The van der Waals surface area contributed by atoms with E-state index in [0.29, 0.717) is 0 Å². The molecule has 1 aliphatic heterocycles. The van der Waals surface area contributed by atoms with Crippen molar-refractivity contribution >= 4 is 28.5 Å². The molecule has 0 fully saturated rings. The van der Waals surface area contributed by atoms with E-state index in [1.165, 1.54) is 16.7 Å². The van der Waals surface area contributed by atoms with Gasteiger partial charge >= 0.3 is 0 Å². The fourth-order valence-corrected chi connectivity index (χ4v) is 3.81. The molecule has 0 saturated carbocycles. The van der Waals surface area contributed by atoms with Crippen molar-refractivity contribution < 1.29 is 4.74 Å². The van der Waals surface area contributed by atoms with Crippen molar-refractivity contribution in [1.29, 1.82) is 0 Å². The van der Waals surface area contributed by atoms with Crippen LogP contribution in [-0.4, -0.2) is 28.6 Å². The molecule has 0 spiro atoms. The van der Waals surface area contributed by atoms with Gasteiger partial charge in [-0.05, 0) is 73.9 Å². The molecule has 6 heteroatoms. The Balaban J connectivity index is 1.79. The molecule has 0 radical (unpaired) electrons. The Morgan fingerprint density at radius 2 is 1.75 bits per heavy atom. The molecular formula is C22H26ClN3OS. The molecule has 0 amide bonds. The zero-order valence-corrected chi connectivity index (χ0v) is 18.0. The molecule has 1 unspecified atom stereocenters. The second kappa shape index (κ2) is 9.50. The maximum atomic E-state index is 6.43. The largest absolute Gasteiger partial charge is 0.491 e. The summed E-state index contributed by atoms with van der Waals surface area (Å²) in [6.07, 6.45) is 5.71. The monoisotopic (exact) mass is 415 g/mol. The molecule has 4 nitrogen and oxygen atoms in total. The SMILES string of the molecule is CSC1=NC=C(Cc2ccc(OC(C)C)cc2)C(Cc2ccc(Cl)cc2)N1N. The van der Waals surface area contributed by atoms with Crippen LogP contribution in [0.25, 0.3) is 0 Å². The highest BCUT2D eigenvalue weighted by atomic mass is 35.5. The lowest BCUT2D eigenvalue weighted by atomic mass is 9.93. The molecule has 28 heavy (non-hydrogen) atoms. The molecule has 148 valence electrons. The van der Waals surface area contributed by atoms with E-state index in [2.05, 4.69) is 29.3 Å². The lowest BCUT2D eigenvalue weighted by molar-refractivity contribution is 0.242. The first-order valence-electron chi connectivity index (χ1n) is 9.31. The van der Waals surface area contributed by atoms with E-state index in [1.54, 1.807) is 16.8 Å². The Labute approximate surface area is 176 Å². The summed E-state index contributed by atoms with van der Waals surface area (Å²) in [5.74, 6) is 7.32. The number of thioether (sulfide) groups is 1. The molecular weight excluding hydrogens is 390 g/mol. The number of rotatable bonds is 6. The summed E-state index contributed by atoms with van der Waals surface area (Å²) in [7, 11) is 0. The Bertz CT molecular complexity index is 847. The summed E-state index contributed by atoms with van der Waals surface area (Å²) in [6.45, 7) is 4.05. The van der Waals surface area contributed by atoms with Crippen molar-refractivity contribution in [3.63, 3.8) is 0 Å². The van der Waals surface area contributed by atoms with Gasteiger partial charge in [0.1, 0.15) is 5.75 Å². The minimum atomic E-state index is 0.0488. The average molecular weight is 416 g/mol. The molecule has 2 aromatic carbocycles. The number of nitrogens with two attached hydrogens (primary N) is 1. The lowest BCUT2D eigenvalue weighted by Gasteiger charge is -2.34. The molecule has 0 bridgehead atoms. The van der Waals surface area contributed by atoms with Crippen LogP contribution in [-0.2, 0) is 12.8 Å². The number of amidine groups is 1. The standard InChI is InChI=1S/C22H26ClN3OS/c1-15(2)27-20-10-6-16(7-11-20)12-18-14-25-22(28-3)26(24)21(18)13-17-4-8-19(23)9-5-17/h4-11,14-15,21H,12-13,24H2,1-3H3. The topological polar surface area (TPSA) is 50.8 Å². The molecule has 2 aromatic rings. The summed E-state index contributed by atoms with van der Waals surface area (Å²) in [6, 6.07) is 16.2. The Morgan fingerprint density at radius 3 is 2.36 bits per heavy atom. The van der Waals surface area contributed by atoms with Gasteiger partial charge in [-0.15, -0.1) is 0 Å². The Morgan fingerprint density at radius 1 is 1.11 bits per heavy atom. The smallest absolute Gasteiger partial charge is 0.178 e. The van der Waals surface area contributed by atoms with Gasteiger partial charge in [-0.2, -0.15) is 0 Å². The molecule has 1 aliphatic rings. The number of hydrogen-bond acceptors (Lipinski definition) is 5. The van der Waals surface area contributed by atoms with Crippen LogP contribution >= 0.6 is 23.4 Å². The van der Waals surface area contributed by atoms with Gasteiger partial charge in [0.25, 0.3) is 0 Å². The highest BCUT2D eigenvalue weighted by Gasteiger charge is 2.26. The summed E-state index contributed by atoms with van der Waals surface area (Å²) >= 11 is 7.58. The normalized spacial score (nSPS) is 16.8. The third-order valence-corrected chi connectivity index (χ3v) is 5.49. The minimum absolute atomic E-state index is 0.0488. The van der Waals surface area contributed by atoms with E-state index in [1.807, 2.05) is 50.6 Å². The van der Waals surface area contributed by atoms with Gasteiger partial charge in [-0.1, -0.05) is 47.6 Å². The Hall–Kier alpha value is -1.95. The molecule has 0 aliphatic carbocycles. The third kappa shape index (κ3) is 5.31. The number of ether oxygens (including phenoxy) is 1. The van der Waals surface area contributed by atoms with Crippen LogP contribution in [0.2, 0.25) is 5.02 Å². The van der Waals surface area contributed by atoms with E-state index in [4.69, 9.17) is 22.2 Å². The van der Waals surface area contributed by atoms with Crippen LogP contribution in [0.15, 0.2) is 65.3 Å². The van der Waals surface area contributed by atoms with Crippen LogP contribution in [0.3, 0.4) is 0 Å². The van der Waals surface area contributed by atoms with Crippen molar-refractivity contribution in [2.24, 2.45) is 10.8 Å². The second-order valence-electron chi connectivity index (χ2n) is 7.06. The van der Waals surface area contributed by atoms with Crippen molar-refractivity contribution in [3.05, 3.63) is 76.5 Å². The van der Waals surface area contributed by atoms with Crippen molar-refractivity contribution in [2.75, 3.05) is 6.26 Å². The number of hydrogen-bond donors (Lipinski definition) is 1. The number of aliphatic imine (C=N–C) groups is 1. The van der Waals surface area contributed by atoms with Gasteiger partial charge in [0.05, 0.1) is 12.1 Å². The van der Waals surface area contributed by atoms with E-state index >= 15 is 0 Å². The predicted octanol–water partition coefficient (Wildman–Crippen LogP) is 5.07. The Kier molecular flexibility index (Phi) is 7.05. The summed E-state index contributed by atoms with van der Waals surface area (Å²) < 4.78 is 5.74. The van der Waals surface area contributed by atoms with Crippen molar-refractivity contribution in [3.8, 4) is 5.75 Å². The van der Waals surface area contributed by atoms with E-state index in [0.717, 1.165) is 28.8 Å². The van der Waals surface area contributed by atoms with Gasteiger partial charge < -0.3 is 4.74 Å². The highest BCUT2D eigenvalue weighted by Crippen LogP contribution is 2.26. The van der Waals surface area contributed by atoms with Crippen LogP contribution in [0.5, 0.6) is 5.75 Å². The molecule has 0 aromatic heterocycles. The van der Waals surface area contributed by atoms with Gasteiger partial charge in [0.2, 0.25) is 0 Å². The average Bonchev–Trinajstić information content (AvgIpc) is 2.67. The number of nitrogens with zero attached hydrogens (tertiary/aromatic N) is 2. The van der Waals surface area contributed by atoms with Crippen LogP contribution in [0.1, 0.15) is 25.0 Å². The van der Waals surface area contributed by atoms with Crippen molar-refractivity contribution in [2.45, 2.75) is 38.8 Å². The van der Waals surface area contributed by atoms with Crippen LogP contribution < -0.4 is 10.6 Å². The molecule has 3 rings (SSSR count). The number of hydrazine groups is 1. The number of halogens is 1. The molecule has 2 N–H and O–H groups in total. The summed E-state index contributed by atoms with van der Waals surface area (Å²) in [4.78, 5) is 4.54. The third-order valence-electron chi connectivity index (χ3n) is 4.55. The van der Waals surface area contributed by atoms with E-state index in [-0.39, 0.29) is 12.1 Å². The van der Waals surface area contributed by atoms with Crippen LogP contribution in [0.4, 0.5) is 0 Å². The van der Waals surface area contributed by atoms with Gasteiger partial charge in [0.15, 0.2) is 5.17 Å². The number of benzene rings is 2. The zero-order valence-electron chi connectivity index (χ0n) is 16.4. The first-order valence-corrected chi connectivity index (χ1v) is 10.9. The maximum absolute atomic E-state index is 6.43. The fraction of sp³-hybridized carbons (Fsp3) is 0.318. The zero-order chi connectivity index (χ0) is 20.1. The first kappa shape index (κ1) is 20.8. The summed E-state index contributed by atoms with van der Waals surface area (Å²) in [5.41, 5.74) is 3.59. The van der Waals surface area contributed by atoms with Crippen LogP contribution in [0, 0.1) is 0 Å². The highest BCUT2D eigenvalue weighted by molar-refractivity contribution is 8.13. The molecule has 1 heterocycles. The van der Waals surface area contributed by atoms with E-state index < -0.39 is 0 Å². The van der Waals surface area contributed by atoms with Gasteiger partial charge in [-0.25, -0.2) is 10.8 Å². The fourth-order valence-electron chi connectivity index (χ4n) is 3.19. The van der Waals surface area contributed by atoms with Gasteiger partial charge in [0, 0.05) is 11.2 Å². The molecule has 1 atom stereocenters. The second-order valence-corrected chi connectivity index (χ2v) is 8.27. The minimum Gasteiger partial charge on any atom is -0.491 e. The lowest BCUT2D eigenvalue weighted by Crippen LogP contribution is -2.48.